The SMILES string of the molecule is Cc1ccc(CSCCNS(=O)(=O)c2cccc(C#N)c2)cc1. The first-order valence-electron chi connectivity index (χ1n) is 7.14. The van der Waals surface area contributed by atoms with Gasteiger partial charge >= 0.3 is 0 Å². The van der Waals surface area contributed by atoms with Gasteiger partial charge in [0.1, 0.15) is 0 Å². The Bertz CT molecular complexity index is 794. The van der Waals surface area contributed by atoms with Crippen molar-refractivity contribution in [1.29, 1.82) is 5.26 Å². The van der Waals surface area contributed by atoms with E-state index in [9.17, 15) is 8.42 Å². The third kappa shape index (κ3) is 5.39. The number of nitrogens with one attached hydrogen (secondary N) is 1. The zero-order chi connectivity index (χ0) is 16.7. The molecule has 0 radical (unpaired) electrons. The average Bonchev–Trinajstić information content (AvgIpc) is 2.56. The van der Waals surface area contributed by atoms with E-state index < -0.39 is 10.0 Å². The molecular weight excluding hydrogens is 328 g/mol. The second-order valence-corrected chi connectivity index (χ2v) is 7.95. The highest BCUT2D eigenvalue weighted by molar-refractivity contribution is 7.98. The van der Waals surface area contributed by atoms with Crippen molar-refractivity contribution in [2.75, 3.05) is 12.3 Å². The number of benzene rings is 2. The van der Waals surface area contributed by atoms with Gasteiger partial charge in [0, 0.05) is 18.1 Å². The van der Waals surface area contributed by atoms with Crippen LogP contribution in [0.15, 0.2) is 53.4 Å². The summed E-state index contributed by atoms with van der Waals surface area (Å²) in [6.07, 6.45) is 0. The molecule has 0 unspecified atom stereocenters. The number of nitrogens with zero attached hydrogens (tertiary/aromatic N) is 1. The predicted octanol–water partition coefficient (Wildman–Crippen LogP) is 3.08. The Morgan fingerprint density at radius 1 is 1.17 bits per heavy atom. The fourth-order valence-electron chi connectivity index (χ4n) is 1.94. The van der Waals surface area contributed by atoms with Crippen LogP contribution in [0.5, 0.6) is 0 Å². The lowest BCUT2D eigenvalue weighted by molar-refractivity contribution is 0.584. The lowest BCUT2D eigenvalue weighted by Gasteiger charge is -2.07. The topological polar surface area (TPSA) is 70.0 Å². The van der Waals surface area contributed by atoms with Gasteiger partial charge in [-0.15, -0.1) is 0 Å². The summed E-state index contributed by atoms with van der Waals surface area (Å²) in [5.41, 5.74) is 2.79. The van der Waals surface area contributed by atoms with Crippen LogP contribution in [0.25, 0.3) is 0 Å². The van der Waals surface area contributed by atoms with Gasteiger partial charge in [-0.05, 0) is 30.7 Å². The molecule has 120 valence electrons. The minimum Gasteiger partial charge on any atom is -0.210 e. The second kappa shape index (κ2) is 8.16. The molecule has 0 saturated carbocycles. The molecule has 0 aliphatic rings. The lowest BCUT2D eigenvalue weighted by Crippen LogP contribution is -2.26. The number of hydrogen-bond donors (Lipinski definition) is 1. The van der Waals surface area contributed by atoms with Crippen molar-refractivity contribution in [2.45, 2.75) is 17.6 Å². The van der Waals surface area contributed by atoms with Crippen LogP contribution in [0.2, 0.25) is 0 Å². The maximum absolute atomic E-state index is 12.1. The molecule has 0 saturated heterocycles. The van der Waals surface area contributed by atoms with Crippen LogP contribution in [0.1, 0.15) is 16.7 Å². The van der Waals surface area contributed by atoms with Gasteiger partial charge in [0.05, 0.1) is 16.5 Å². The molecule has 0 aromatic heterocycles. The lowest BCUT2D eigenvalue weighted by atomic mass is 10.2. The molecule has 0 aliphatic carbocycles. The average molecular weight is 346 g/mol. The van der Waals surface area contributed by atoms with Crippen LogP contribution < -0.4 is 4.72 Å². The minimum atomic E-state index is -3.56. The van der Waals surface area contributed by atoms with E-state index in [1.54, 1.807) is 23.9 Å². The van der Waals surface area contributed by atoms with Crippen molar-refractivity contribution in [2.24, 2.45) is 0 Å². The number of hydrogen-bond acceptors (Lipinski definition) is 4. The Labute approximate surface area is 141 Å². The highest BCUT2D eigenvalue weighted by Crippen LogP contribution is 2.14. The fourth-order valence-corrected chi connectivity index (χ4v) is 3.96. The molecule has 0 atom stereocenters. The van der Waals surface area contributed by atoms with Crippen molar-refractivity contribution in [3.05, 3.63) is 65.2 Å². The van der Waals surface area contributed by atoms with Crippen LogP contribution in [-0.2, 0) is 15.8 Å². The van der Waals surface area contributed by atoms with Gasteiger partial charge in [-0.2, -0.15) is 17.0 Å². The summed E-state index contributed by atoms with van der Waals surface area (Å²) in [7, 11) is -3.56. The zero-order valence-corrected chi connectivity index (χ0v) is 14.5. The van der Waals surface area contributed by atoms with Gasteiger partial charge in [0.2, 0.25) is 10.0 Å². The molecule has 23 heavy (non-hydrogen) atoms. The van der Waals surface area contributed by atoms with Crippen LogP contribution in [0, 0.1) is 18.3 Å². The number of thioether (sulfide) groups is 1. The van der Waals surface area contributed by atoms with E-state index in [2.05, 4.69) is 29.0 Å². The smallest absolute Gasteiger partial charge is 0.210 e. The largest absolute Gasteiger partial charge is 0.240 e. The molecule has 0 aliphatic heterocycles. The molecule has 0 amide bonds. The Morgan fingerprint density at radius 2 is 1.91 bits per heavy atom. The molecule has 4 nitrogen and oxygen atoms in total. The van der Waals surface area contributed by atoms with Crippen molar-refractivity contribution >= 4 is 21.8 Å². The van der Waals surface area contributed by atoms with E-state index in [-0.39, 0.29) is 4.90 Å². The molecule has 2 rings (SSSR count). The summed E-state index contributed by atoms with van der Waals surface area (Å²) in [5, 5.41) is 8.83. The van der Waals surface area contributed by atoms with Gasteiger partial charge in [-0.25, -0.2) is 13.1 Å². The number of nitriles is 1. The summed E-state index contributed by atoms with van der Waals surface area (Å²) in [6.45, 7) is 2.41. The van der Waals surface area contributed by atoms with Crippen molar-refractivity contribution in [3.63, 3.8) is 0 Å². The van der Waals surface area contributed by atoms with Gasteiger partial charge in [0.15, 0.2) is 0 Å². The van der Waals surface area contributed by atoms with E-state index in [1.807, 2.05) is 13.0 Å². The minimum absolute atomic E-state index is 0.125. The van der Waals surface area contributed by atoms with Gasteiger partial charge in [0.25, 0.3) is 0 Å². The molecular formula is C17H18N2O2S2. The molecule has 1 N–H and O–H groups in total. The van der Waals surface area contributed by atoms with Gasteiger partial charge < -0.3 is 0 Å². The number of aryl methyl sites for hydroxylation is 1. The highest BCUT2D eigenvalue weighted by Gasteiger charge is 2.13. The summed E-state index contributed by atoms with van der Waals surface area (Å²) in [6, 6.07) is 16.3. The Hall–Kier alpha value is -1.81. The number of rotatable bonds is 7. The van der Waals surface area contributed by atoms with Crippen molar-refractivity contribution < 1.29 is 8.42 Å². The van der Waals surface area contributed by atoms with Crippen LogP contribution in [-0.4, -0.2) is 20.7 Å². The normalized spacial score (nSPS) is 11.1. The second-order valence-electron chi connectivity index (χ2n) is 5.08. The predicted molar refractivity (Wildman–Crippen MR) is 93.7 cm³/mol. The summed E-state index contributed by atoms with van der Waals surface area (Å²) >= 11 is 1.68. The van der Waals surface area contributed by atoms with Crippen molar-refractivity contribution in [3.8, 4) is 6.07 Å². The monoisotopic (exact) mass is 346 g/mol. The maximum Gasteiger partial charge on any atom is 0.240 e. The molecule has 2 aromatic rings. The zero-order valence-electron chi connectivity index (χ0n) is 12.8. The molecule has 0 spiro atoms. The molecule has 2 aromatic carbocycles. The van der Waals surface area contributed by atoms with E-state index in [0.29, 0.717) is 17.9 Å². The van der Waals surface area contributed by atoms with Crippen molar-refractivity contribution in [1.82, 2.24) is 4.72 Å². The van der Waals surface area contributed by atoms with Gasteiger partial charge in [-0.3, -0.25) is 0 Å². The maximum atomic E-state index is 12.1. The van der Waals surface area contributed by atoms with Crippen LogP contribution in [0.3, 0.4) is 0 Å². The van der Waals surface area contributed by atoms with Crippen LogP contribution >= 0.6 is 11.8 Å². The first-order chi connectivity index (χ1) is 11.0. The first-order valence-corrected chi connectivity index (χ1v) is 9.78. The molecule has 0 heterocycles. The Balaban J connectivity index is 1.81. The third-order valence-corrected chi connectivity index (χ3v) is 5.69. The summed E-state index contributed by atoms with van der Waals surface area (Å²) < 4.78 is 26.8. The summed E-state index contributed by atoms with van der Waals surface area (Å²) in [4.78, 5) is 0.125. The standard InChI is InChI=1S/C17H18N2O2S2/c1-14-5-7-15(8-6-14)13-22-10-9-19-23(20,21)17-4-2-3-16(11-17)12-18/h2-8,11,19H,9-10,13H2,1H3. The number of sulfonamides is 1. The van der Waals surface area contributed by atoms with E-state index in [0.717, 1.165) is 5.75 Å². The molecule has 6 heteroatoms. The van der Waals surface area contributed by atoms with E-state index in [1.165, 1.54) is 23.3 Å². The Kier molecular flexibility index (Phi) is 6.22. The quantitative estimate of drug-likeness (QED) is 0.782. The van der Waals surface area contributed by atoms with E-state index in [4.69, 9.17) is 5.26 Å². The highest BCUT2D eigenvalue weighted by atomic mass is 32.2. The first kappa shape index (κ1) is 17.5. The molecule has 0 bridgehead atoms. The van der Waals surface area contributed by atoms with Crippen LogP contribution in [0.4, 0.5) is 0 Å². The summed E-state index contributed by atoms with van der Waals surface area (Å²) in [5.74, 6) is 1.54. The fraction of sp³-hybridized carbons (Fsp3) is 0.235. The Morgan fingerprint density at radius 3 is 2.61 bits per heavy atom. The third-order valence-electron chi connectivity index (χ3n) is 3.20. The van der Waals surface area contributed by atoms with E-state index >= 15 is 0 Å². The molecule has 0 fully saturated rings. The van der Waals surface area contributed by atoms with Gasteiger partial charge in [-0.1, -0.05) is 35.9 Å².